The maximum atomic E-state index is 12.6. The van der Waals surface area contributed by atoms with Gasteiger partial charge in [-0.1, -0.05) is 20.8 Å². The number of ether oxygens (including phenoxy) is 1. The average molecular weight is 385 g/mol. The van der Waals surface area contributed by atoms with Crippen LogP contribution in [0.15, 0.2) is 23.0 Å². The lowest BCUT2D eigenvalue weighted by molar-refractivity contribution is -0.138. The van der Waals surface area contributed by atoms with Crippen LogP contribution in [0.3, 0.4) is 0 Å². The molecular formula is C25H36O3. The highest BCUT2D eigenvalue weighted by Gasteiger charge is 2.64. The van der Waals surface area contributed by atoms with Crippen molar-refractivity contribution < 1.29 is 14.3 Å². The molecule has 0 amide bonds. The zero-order valence-electron chi connectivity index (χ0n) is 18.3. The van der Waals surface area contributed by atoms with Crippen LogP contribution in [0.1, 0.15) is 79.6 Å². The van der Waals surface area contributed by atoms with E-state index >= 15 is 0 Å². The molecule has 4 aliphatic rings. The standard InChI is InChI=1S/C25H36O3/c1-6-28-18-7-10-23(3)20-8-12-25(5)21(9-11-24(25,4)16(2)27)19(20)13-17(15-26)22(23)14-18/h14-15,19-21H,6-13H2,1-5H3/t19-,20+,21+,23-,24-,25+/m1/s1. The maximum Gasteiger partial charge on any atom is 0.146 e. The molecule has 0 aromatic carbocycles. The van der Waals surface area contributed by atoms with E-state index in [-0.39, 0.29) is 16.2 Å². The fourth-order valence-corrected chi connectivity index (χ4v) is 7.74. The summed E-state index contributed by atoms with van der Waals surface area (Å²) in [6, 6.07) is 0. The molecule has 0 spiro atoms. The minimum Gasteiger partial charge on any atom is -0.498 e. The van der Waals surface area contributed by atoms with Crippen molar-refractivity contribution in [1.29, 1.82) is 0 Å². The molecule has 3 heteroatoms. The van der Waals surface area contributed by atoms with E-state index in [1.807, 2.05) is 6.92 Å². The first-order valence-electron chi connectivity index (χ1n) is 11.2. The number of ketones is 1. The fraction of sp³-hybridized carbons (Fsp3) is 0.760. The number of carbonyl (C=O) groups is 2. The number of hydrogen-bond acceptors (Lipinski definition) is 3. The molecule has 0 unspecified atom stereocenters. The van der Waals surface area contributed by atoms with Gasteiger partial charge >= 0.3 is 0 Å². The van der Waals surface area contributed by atoms with Gasteiger partial charge in [0.2, 0.25) is 0 Å². The molecule has 0 bridgehead atoms. The van der Waals surface area contributed by atoms with E-state index in [4.69, 9.17) is 4.74 Å². The number of carbonyl (C=O) groups excluding carboxylic acids is 2. The van der Waals surface area contributed by atoms with Crippen molar-refractivity contribution in [3.05, 3.63) is 23.0 Å². The molecule has 0 aliphatic heterocycles. The Bertz CT molecular complexity index is 762. The van der Waals surface area contributed by atoms with Crippen LogP contribution < -0.4 is 0 Å². The van der Waals surface area contributed by atoms with Crippen LogP contribution in [0.5, 0.6) is 0 Å². The van der Waals surface area contributed by atoms with Gasteiger partial charge in [-0.2, -0.15) is 0 Å². The number of hydrogen-bond donors (Lipinski definition) is 0. The molecule has 3 nitrogen and oxygen atoms in total. The molecule has 4 aliphatic carbocycles. The van der Waals surface area contributed by atoms with Gasteiger partial charge in [-0.15, -0.1) is 0 Å². The summed E-state index contributed by atoms with van der Waals surface area (Å²) in [4.78, 5) is 24.7. The third-order valence-corrected chi connectivity index (χ3v) is 9.72. The highest BCUT2D eigenvalue weighted by molar-refractivity contribution is 5.83. The first kappa shape index (κ1) is 19.9. The van der Waals surface area contributed by atoms with Crippen LogP contribution in [0.4, 0.5) is 0 Å². The molecule has 0 radical (unpaired) electrons. The Labute approximate surface area is 170 Å². The molecular weight excluding hydrogens is 348 g/mol. The Morgan fingerprint density at radius 3 is 2.54 bits per heavy atom. The molecule has 4 rings (SSSR count). The second kappa shape index (κ2) is 6.57. The minimum atomic E-state index is -0.205. The first-order valence-corrected chi connectivity index (χ1v) is 11.2. The highest BCUT2D eigenvalue weighted by atomic mass is 16.5. The van der Waals surface area contributed by atoms with Crippen molar-refractivity contribution in [1.82, 2.24) is 0 Å². The molecule has 28 heavy (non-hydrogen) atoms. The van der Waals surface area contributed by atoms with Crippen molar-refractivity contribution in [3.63, 3.8) is 0 Å². The van der Waals surface area contributed by atoms with Gasteiger partial charge in [-0.05, 0) is 98.2 Å². The SMILES string of the molecule is CCOC1=CC2=C(C=O)C[C@@H]3[C@H](CC[C@@]4(C)[C@H]3CC[C@]4(C)C(C)=O)[C@@]2(C)CC1. The van der Waals surface area contributed by atoms with Crippen LogP contribution in [0, 0.1) is 34.0 Å². The first-order chi connectivity index (χ1) is 13.2. The number of allylic oxidation sites excluding steroid dienone is 4. The summed E-state index contributed by atoms with van der Waals surface area (Å²) in [7, 11) is 0. The van der Waals surface area contributed by atoms with Gasteiger partial charge in [0.05, 0.1) is 12.4 Å². The molecule has 0 aromatic rings. The van der Waals surface area contributed by atoms with Gasteiger partial charge < -0.3 is 4.74 Å². The average Bonchev–Trinajstić information content (AvgIpc) is 2.94. The van der Waals surface area contributed by atoms with Crippen LogP contribution in [0.2, 0.25) is 0 Å². The summed E-state index contributed by atoms with van der Waals surface area (Å²) in [5, 5.41) is 0. The zero-order chi connectivity index (χ0) is 20.3. The molecule has 0 N–H and O–H groups in total. The fourth-order valence-electron chi connectivity index (χ4n) is 7.74. The topological polar surface area (TPSA) is 43.4 Å². The van der Waals surface area contributed by atoms with Gasteiger partial charge in [0.15, 0.2) is 0 Å². The third kappa shape index (κ3) is 2.47. The van der Waals surface area contributed by atoms with Gasteiger partial charge in [-0.3, -0.25) is 9.59 Å². The van der Waals surface area contributed by atoms with Crippen LogP contribution >= 0.6 is 0 Å². The Balaban J connectivity index is 1.76. The minimum absolute atomic E-state index is 0.0658. The van der Waals surface area contributed by atoms with Gasteiger partial charge in [0.25, 0.3) is 0 Å². The number of rotatable bonds is 4. The summed E-state index contributed by atoms with van der Waals surface area (Å²) in [6.45, 7) is 11.5. The van der Waals surface area contributed by atoms with Crippen molar-refractivity contribution >= 4 is 12.1 Å². The molecule has 6 atom stereocenters. The summed E-state index contributed by atoms with van der Waals surface area (Å²) >= 11 is 0. The Morgan fingerprint density at radius 1 is 1.18 bits per heavy atom. The predicted octanol–water partition coefficient (Wildman–Crippen LogP) is 5.64. The number of Topliss-reactive ketones (excluding diaryl/α,β-unsaturated/α-hetero) is 1. The van der Waals surface area contributed by atoms with Crippen molar-refractivity contribution in [3.8, 4) is 0 Å². The summed E-state index contributed by atoms with van der Waals surface area (Å²) in [5.74, 6) is 3.07. The van der Waals surface area contributed by atoms with E-state index < -0.39 is 0 Å². The monoisotopic (exact) mass is 384 g/mol. The molecule has 2 fully saturated rings. The maximum absolute atomic E-state index is 12.6. The lowest BCUT2D eigenvalue weighted by Crippen LogP contribution is -2.53. The van der Waals surface area contributed by atoms with Crippen molar-refractivity contribution in [2.75, 3.05) is 6.61 Å². The highest BCUT2D eigenvalue weighted by Crippen LogP contribution is 2.70. The quantitative estimate of drug-likeness (QED) is 0.589. The zero-order valence-corrected chi connectivity index (χ0v) is 18.3. The van der Waals surface area contributed by atoms with E-state index in [1.165, 1.54) is 12.0 Å². The van der Waals surface area contributed by atoms with Gasteiger partial charge in [-0.25, -0.2) is 0 Å². The molecule has 0 aromatic heterocycles. The summed E-state index contributed by atoms with van der Waals surface area (Å²) in [6.07, 6.45) is 10.7. The van der Waals surface area contributed by atoms with Crippen molar-refractivity contribution in [2.24, 2.45) is 34.0 Å². The van der Waals surface area contributed by atoms with Crippen LogP contribution in [-0.2, 0) is 14.3 Å². The number of aldehydes is 1. The van der Waals surface area contributed by atoms with Crippen molar-refractivity contribution in [2.45, 2.75) is 79.6 Å². The largest absolute Gasteiger partial charge is 0.498 e. The molecule has 0 heterocycles. The van der Waals surface area contributed by atoms with E-state index in [0.717, 1.165) is 56.1 Å². The smallest absolute Gasteiger partial charge is 0.146 e. The van der Waals surface area contributed by atoms with E-state index in [0.29, 0.717) is 30.1 Å². The lowest BCUT2D eigenvalue weighted by Gasteiger charge is -2.59. The number of fused-ring (bicyclic) bond motifs is 5. The van der Waals surface area contributed by atoms with Gasteiger partial charge in [0, 0.05) is 11.8 Å². The Hall–Kier alpha value is -1.38. The van der Waals surface area contributed by atoms with E-state index in [9.17, 15) is 9.59 Å². The summed E-state index contributed by atoms with van der Waals surface area (Å²) < 4.78 is 5.82. The van der Waals surface area contributed by atoms with Crippen LogP contribution in [0.25, 0.3) is 0 Å². The van der Waals surface area contributed by atoms with Gasteiger partial charge in [0.1, 0.15) is 12.1 Å². The third-order valence-electron chi connectivity index (χ3n) is 9.72. The second-order valence-corrected chi connectivity index (χ2v) is 10.5. The normalized spacial score (nSPS) is 44.9. The molecule has 0 saturated heterocycles. The van der Waals surface area contributed by atoms with Crippen LogP contribution in [-0.4, -0.2) is 18.7 Å². The Kier molecular flexibility index (Phi) is 4.67. The summed E-state index contributed by atoms with van der Waals surface area (Å²) in [5.41, 5.74) is 2.17. The Morgan fingerprint density at radius 2 is 1.89 bits per heavy atom. The van der Waals surface area contributed by atoms with E-state index in [2.05, 4.69) is 26.8 Å². The molecule has 2 saturated carbocycles. The van der Waals surface area contributed by atoms with E-state index in [1.54, 1.807) is 6.92 Å². The lowest BCUT2D eigenvalue weighted by atomic mass is 9.45. The predicted molar refractivity (Wildman–Crippen MR) is 111 cm³/mol. The molecule has 154 valence electrons. The second-order valence-electron chi connectivity index (χ2n) is 10.5.